The zero-order chi connectivity index (χ0) is 14.4. The lowest BCUT2D eigenvalue weighted by Gasteiger charge is -2.07. The molecule has 2 heterocycles. The summed E-state index contributed by atoms with van der Waals surface area (Å²) in [6.45, 7) is 1.01. The molecule has 2 aromatic heterocycles. The number of nitrogen functional groups attached to an aromatic ring is 1. The molecule has 20 heavy (non-hydrogen) atoms. The van der Waals surface area contributed by atoms with E-state index in [9.17, 15) is 8.42 Å². The van der Waals surface area contributed by atoms with Crippen LogP contribution in [0.4, 0.5) is 5.95 Å². The molecule has 0 atom stereocenters. The summed E-state index contributed by atoms with van der Waals surface area (Å²) < 4.78 is 28.2. The van der Waals surface area contributed by atoms with E-state index in [-0.39, 0.29) is 10.8 Å². The fraction of sp³-hybridized carbons (Fsp3) is 0.300. The van der Waals surface area contributed by atoms with Crippen molar-refractivity contribution in [1.82, 2.24) is 24.2 Å². The molecule has 9 nitrogen and oxygen atoms in total. The lowest BCUT2D eigenvalue weighted by molar-refractivity contribution is 0.569. The zero-order valence-corrected chi connectivity index (χ0v) is 11.4. The van der Waals surface area contributed by atoms with Gasteiger partial charge < -0.3 is 4.57 Å². The van der Waals surface area contributed by atoms with E-state index in [2.05, 4.69) is 25.1 Å². The summed E-state index contributed by atoms with van der Waals surface area (Å²) in [4.78, 5) is 11.4. The molecule has 0 fully saturated rings. The summed E-state index contributed by atoms with van der Waals surface area (Å²) in [6, 6.07) is 0. The Bertz CT molecular complexity index is 624. The molecular formula is C10H15N7O2S. The first kappa shape index (κ1) is 14.4. The number of anilines is 1. The number of hydrogen-bond donors (Lipinski definition) is 3. The third-order valence-electron chi connectivity index (χ3n) is 2.51. The van der Waals surface area contributed by atoms with Crippen molar-refractivity contribution < 1.29 is 8.42 Å². The Morgan fingerprint density at radius 3 is 2.65 bits per heavy atom. The van der Waals surface area contributed by atoms with Gasteiger partial charge in [-0.3, -0.25) is 5.43 Å². The topological polar surface area (TPSA) is 128 Å². The summed E-state index contributed by atoms with van der Waals surface area (Å²) >= 11 is 0. The maximum absolute atomic E-state index is 11.9. The third-order valence-corrected chi connectivity index (χ3v) is 3.93. The van der Waals surface area contributed by atoms with Crippen LogP contribution in [-0.2, 0) is 16.6 Å². The first-order valence-corrected chi connectivity index (χ1v) is 7.34. The predicted molar refractivity (Wildman–Crippen MR) is 71.9 cm³/mol. The summed E-state index contributed by atoms with van der Waals surface area (Å²) in [5, 5.41) is 0. The molecule has 0 aliphatic carbocycles. The van der Waals surface area contributed by atoms with Crippen LogP contribution in [0.3, 0.4) is 0 Å². The second kappa shape index (κ2) is 6.41. The minimum Gasteiger partial charge on any atom is -0.337 e. The van der Waals surface area contributed by atoms with Crippen molar-refractivity contribution in [3.8, 4) is 0 Å². The van der Waals surface area contributed by atoms with Gasteiger partial charge in [-0.25, -0.2) is 33.9 Å². The average molecular weight is 297 g/mol. The largest absolute Gasteiger partial charge is 0.337 e. The van der Waals surface area contributed by atoms with Crippen LogP contribution in [0.15, 0.2) is 36.0 Å². The van der Waals surface area contributed by atoms with Crippen molar-refractivity contribution in [2.24, 2.45) is 5.84 Å². The molecule has 0 amide bonds. The molecule has 0 saturated heterocycles. The Morgan fingerprint density at radius 1 is 1.30 bits per heavy atom. The van der Waals surface area contributed by atoms with E-state index in [0.29, 0.717) is 19.5 Å². The summed E-state index contributed by atoms with van der Waals surface area (Å²) in [7, 11) is -3.59. The second-order valence-corrected chi connectivity index (χ2v) is 5.71. The minimum absolute atomic E-state index is 0.000805. The van der Waals surface area contributed by atoms with E-state index in [1.807, 2.05) is 10.8 Å². The summed E-state index contributed by atoms with van der Waals surface area (Å²) in [5.41, 5.74) is 2.23. The van der Waals surface area contributed by atoms with Gasteiger partial charge in [-0.05, 0) is 6.42 Å². The summed E-state index contributed by atoms with van der Waals surface area (Å²) in [5.74, 6) is 5.26. The Morgan fingerprint density at radius 2 is 2.05 bits per heavy atom. The van der Waals surface area contributed by atoms with E-state index in [0.717, 1.165) is 0 Å². The molecule has 0 spiro atoms. The highest BCUT2D eigenvalue weighted by Crippen LogP contribution is 2.06. The highest BCUT2D eigenvalue weighted by molar-refractivity contribution is 7.89. The van der Waals surface area contributed by atoms with Crippen molar-refractivity contribution >= 4 is 16.0 Å². The Kier molecular flexibility index (Phi) is 4.61. The SMILES string of the molecule is NNc1ncc(S(=O)(=O)NCCCn2ccnc2)cn1. The van der Waals surface area contributed by atoms with Crippen LogP contribution in [0.2, 0.25) is 0 Å². The molecule has 4 N–H and O–H groups in total. The maximum atomic E-state index is 11.9. The molecule has 2 rings (SSSR count). The molecule has 0 bridgehead atoms. The van der Waals surface area contributed by atoms with Gasteiger partial charge >= 0.3 is 0 Å². The van der Waals surface area contributed by atoms with E-state index in [1.165, 1.54) is 12.4 Å². The second-order valence-electron chi connectivity index (χ2n) is 3.94. The zero-order valence-electron chi connectivity index (χ0n) is 10.6. The number of rotatable bonds is 7. The van der Waals surface area contributed by atoms with Crippen LogP contribution < -0.4 is 16.0 Å². The van der Waals surface area contributed by atoms with Crippen LogP contribution >= 0.6 is 0 Å². The van der Waals surface area contributed by atoms with E-state index in [4.69, 9.17) is 5.84 Å². The number of nitrogens with two attached hydrogens (primary N) is 1. The van der Waals surface area contributed by atoms with Crippen LogP contribution in [-0.4, -0.2) is 34.5 Å². The number of nitrogens with one attached hydrogen (secondary N) is 2. The first-order chi connectivity index (χ1) is 9.62. The number of imidazole rings is 1. The lowest BCUT2D eigenvalue weighted by Crippen LogP contribution is -2.26. The fourth-order valence-electron chi connectivity index (χ4n) is 1.50. The van der Waals surface area contributed by atoms with E-state index in [1.54, 1.807) is 12.5 Å². The van der Waals surface area contributed by atoms with Crippen molar-refractivity contribution in [3.05, 3.63) is 31.1 Å². The standard InChI is InChI=1S/C10H15N7O2S/c11-16-10-13-6-9(7-14-10)20(18,19)15-2-1-4-17-5-3-12-8-17/h3,5-8,15H,1-2,4,11H2,(H,13,14,16). The molecular weight excluding hydrogens is 282 g/mol. The van der Waals surface area contributed by atoms with Crippen molar-refractivity contribution in [1.29, 1.82) is 0 Å². The molecule has 10 heteroatoms. The van der Waals surface area contributed by atoms with Gasteiger partial charge in [0.25, 0.3) is 0 Å². The highest BCUT2D eigenvalue weighted by Gasteiger charge is 2.14. The number of hydrogen-bond acceptors (Lipinski definition) is 7. The molecule has 0 aliphatic rings. The van der Waals surface area contributed by atoms with Crippen molar-refractivity contribution in [3.63, 3.8) is 0 Å². The smallest absolute Gasteiger partial charge is 0.243 e. The lowest BCUT2D eigenvalue weighted by atomic mass is 10.4. The number of nitrogens with zero attached hydrogens (tertiary/aromatic N) is 4. The van der Waals surface area contributed by atoms with Gasteiger partial charge in [0.2, 0.25) is 16.0 Å². The third kappa shape index (κ3) is 3.73. The molecule has 0 aromatic carbocycles. The van der Waals surface area contributed by atoms with Gasteiger partial charge in [0.05, 0.1) is 18.7 Å². The van der Waals surface area contributed by atoms with Crippen LogP contribution in [0.5, 0.6) is 0 Å². The monoisotopic (exact) mass is 297 g/mol. The van der Waals surface area contributed by atoms with Crippen LogP contribution in [0.1, 0.15) is 6.42 Å². The Hall–Kier alpha value is -2.04. The molecule has 2 aromatic rings. The van der Waals surface area contributed by atoms with Crippen LogP contribution in [0, 0.1) is 0 Å². The predicted octanol–water partition coefficient (Wildman–Crippen LogP) is -0.673. The molecule has 0 unspecified atom stereocenters. The van der Waals surface area contributed by atoms with Crippen LogP contribution in [0.25, 0.3) is 0 Å². The maximum Gasteiger partial charge on any atom is 0.243 e. The van der Waals surface area contributed by atoms with Gasteiger partial charge in [0.1, 0.15) is 4.90 Å². The first-order valence-electron chi connectivity index (χ1n) is 5.86. The van der Waals surface area contributed by atoms with Gasteiger partial charge in [0, 0.05) is 25.5 Å². The number of aromatic nitrogens is 4. The number of sulfonamides is 1. The molecule has 0 aliphatic heterocycles. The molecule has 0 radical (unpaired) electrons. The van der Waals surface area contributed by atoms with Crippen molar-refractivity contribution in [2.75, 3.05) is 12.0 Å². The number of aryl methyl sites for hydroxylation is 1. The average Bonchev–Trinajstić information content (AvgIpc) is 2.97. The normalized spacial score (nSPS) is 11.4. The molecule has 108 valence electrons. The van der Waals surface area contributed by atoms with E-state index < -0.39 is 10.0 Å². The Balaban J connectivity index is 1.86. The highest BCUT2D eigenvalue weighted by atomic mass is 32.2. The van der Waals surface area contributed by atoms with Gasteiger partial charge in [-0.1, -0.05) is 0 Å². The number of hydrazine groups is 1. The summed E-state index contributed by atoms with van der Waals surface area (Å²) in [6.07, 6.45) is 8.22. The molecule has 0 saturated carbocycles. The van der Waals surface area contributed by atoms with E-state index >= 15 is 0 Å². The van der Waals surface area contributed by atoms with Gasteiger partial charge in [0.15, 0.2) is 0 Å². The van der Waals surface area contributed by atoms with Gasteiger partial charge in [-0.15, -0.1) is 0 Å². The Labute approximate surface area is 116 Å². The van der Waals surface area contributed by atoms with Crippen molar-refractivity contribution in [2.45, 2.75) is 17.9 Å². The minimum atomic E-state index is -3.59. The quantitative estimate of drug-likeness (QED) is 0.351. The van der Waals surface area contributed by atoms with Gasteiger partial charge in [-0.2, -0.15) is 0 Å². The fourth-order valence-corrected chi connectivity index (χ4v) is 2.46.